The van der Waals surface area contributed by atoms with Gasteiger partial charge >= 0.3 is 0 Å². The van der Waals surface area contributed by atoms with Crippen molar-refractivity contribution in [2.24, 2.45) is 0 Å². The smallest absolute Gasteiger partial charge is 0.259 e. The Labute approximate surface area is 255 Å². The summed E-state index contributed by atoms with van der Waals surface area (Å²) in [4.78, 5) is 6.26. The molecule has 0 saturated carbocycles. The van der Waals surface area contributed by atoms with Crippen LogP contribution in [0.5, 0.6) is 5.75 Å². The van der Waals surface area contributed by atoms with Crippen LogP contribution in [0.4, 0.5) is 0 Å². The number of hydrogen-bond donors (Lipinski definition) is 1. The maximum absolute atomic E-state index is 6.29. The molecule has 0 aromatic heterocycles. The molecule has 1 unspecified atom stereocenters. The van der Waals surface area contributed by atoms with Crippen LogP contribution < -0.4 is 10.2 Å². The van der Waals surface area contributed by atoms with Crippen molar-refractivity contribution in [1.29, 1.82) is 0 Å². The maximum atomic E-state index is 6.29. The molecule has 3 rings (SSSR count). The minimum Gasteiger partial charge on any atom is -0.497 e. The third-order valence-electron chi connectivity index (χ3n) is 7.05. The SMILES string of the molecule is COc1ccc(C(NOCCCCCCOP(OC(C)C)N(C(C)C)C(C)C)(c2ccccc2)c2ccccc2)cc1. The van der Waals surface area contributed by atoms with Crippen LogP contribution in [0.3, 0.4) is 0 Å². The van der Waals surface area contributed by atoms with E-state index in [0.29, 0.717) is 25.3 Å². The Bertz CT molecular complexity index is 1080. The molecule has 3 aromatic carbocycles. The fraction of sp³-hybridized carbons (Fsp3) is 0.486. The summed E-state index contributed by atoms with van der Waals surface area (Å²) >= 11 is 0. The number of ether oxygens (including phenoxy) is 1. The first-order valence-corrected chi connectivity index (χ1v) is 16.4. The van der Waals surface area contributed by atoms with Crippen LogP contribution in [0.1, 0.15) is 83.9 Å². The lowest BCUT2D eigenvalue weighted by atomic mass is 9.78. The molecule has 230 valence electrons. The molecule has 3 aromatic rings. The Morgan fingerprint density at radius 2 is 1.17 bits per heavy atom. The Balaban J connectivity index is 1.59. The summed E-state index contributed by atoms with van der Waals surface area (Å²) in [7, 11) is 0.624. The number of unbranched alkanes of at least 4 members (excludes halogenated alkanes) is 3. The molecule has 0 amide bonds. The molecule has 0 heterocycles. The van der Waals surface area contributed by atoms with Crippen molar-refractivity contribution in [1.82, 2.24) is 10.2 Å². The third kappa shape index (κ3) is 9.60. The molecule has 0 aliphatic carbocycles. The van der Waals surface area contributed by atoms with Gasteiger partial charge in [0.1, 0.15) is 11.3 Å². The molecule has 0 bridgehead atoms. The van der Waals surface area contributed by atoms with Crippen molar-refractivity contribution >= 4 is 8.53 Å². The minimum absolute atomic E-state index is 0.137. The van der Waals surface area contributed by atoms with Crippen LogP contribution in [0.15, 0.2) is 84.9 Å². The fourth-order valence-corrected chi connectivity index (χ4v) is 6.83. The summed E-state index contributed by atoms with van der Waals surface area (Å²) < 4.78 is 20.3. The number of rotatable bonds is 19. The van der Waals surface area contributed by atoms with Gasteiger partial charge in [-0.05, 0) is 83.2 Å². The summed E-state index contributed by atoms with van der Waals surface area (Å²) in [6.45, 7) is 14.3. The van der Waals surface area contributed by atoms with Gasteiger partial charge in [0.05, 0.1) is 26.4 Å². The van der Waals surface area contributed by atoms with Crippen LogP contribution in [-0.4, -0.2) is 43.2 Å². The molecular formula is C35H51N2O4P. The quantitative estimate of drug-likeness (QED) is 0.0648. The second-order valence-electron chi connectivity index (χ2n) is 11.4. The lowest BCUT2D eigenvalue weighted by molar-refractivity contribution is -0.00152. The summed E-state index contributed by atoms with van der Waals surface area (Å²) in [5.41, 5.74) is 6.12. The van der Waals surface area contributed by atoms with E-state index in [4.69, 9.17) is 18.6 Å². The number of nitrogens with one attached hydrogen (secondary N) is 1. The van der Waals surface area contributed by atoms with Gasteiger partial charge in [0.15, 0.2) is 0 Å². The van der Waals surface area contributed by atoms with E-state index in [9.17, 15) is 0 Å². The summed E-state index contributed by atoms with van der Waals surface area (Å²) in [6, 6.07) is 29.9. The Kier molecular flexibility index (Phi) is 14.4. The van der Waals surface area contributed by atoms with Gasteiger partial charge in [0, 0.05) is 12.1 Å². The van der Waals surface area contributed by atoms with Gasteiger partial charge in [-0.25, -0.2) is 4.67 Å². The zero-order valence-electron chi connectivity index (χ0n) is 26.6. The molecule has 0 spiro atoms. The molecule has 6 nitrogen and oxygen atoms in total. The van der Waals surface area contributed by atoms with Crippen LogP contribution in [0, 0.1) is 0 Å². The van der Waals surface area contributed by atoms with Gasteiger partial charge in [-0.2, -0.15) is 5.48 Å². The predicted molar refractivity (Wildman–Crippen MR) is 175 cm³/mol. The zero-order valence-corrected chi connectivity index (χ0v) is 27.5. The van der Waals surface area contributed by atoms with E-state index in [2.05, 4.69) is 112 Å². The van der Waals surface area contributed by atoms with Gasteiger partial charge in [0.25, 0.3) is 8.53 Å². The highest BCUT2D eigenvalue weighted by Crippen LogP contribution is 2.47. The maximum Gasteiger partial charge on any atom is 0.259 e. The van der Waals surface area contributed by atoms with Crippen molar-refractivity contribution in [3.63, 3.8) is 0 Å². The standard InChI is InChI=1S/C35H51N2O4P/c1-28(2)37(29(3)4)42(41-30(5)6)40-27-17-9-8-16-26-39-36-35(31-18-12-10-13-19-31,32-20-14-11-15-21-32)33-22-24-34(38-7)25-23-33/h10-15,18-25,28-30,36H,8-9,16-17,26-27H2,1-7H3. The van der Waals surface area contributed by atoms with Gasteiger partial charge in [0.2, 0.25) is 0 Å². The number of nitrogens with zero attached hydrogens (tertiary/aromatic N) is 1. The molecule has 42 heavy (non-hydrogen) atoms. The van der Waals surface area contributed by atoms with Gasteiger partial charge in [-0.15, -0.1) is 0 Å². The van der Waals surface area contributed by atoms with E-state index >= 15 is 0 Å². The summed E-state index contributed by atoms with van der Waals surface area (Å²) in [6.07, 6.45) is 4.24. The van der Waals surface area contributed by atoms with Crippen molar-refractivity contribution in [2.75, 3.05) is 20.3 Å². The number of hydrogen-bond acceptors (Lipinski definition) is 6. The summed E-state index contributed by atoms with van der Waals surface area (Å²) in [5.74, 6) is 0.822. The van der Waals surface area contributed by atoms with Crippen molar-refractivity contribution in [3.05, 3.63) is 102 Å². The molecule has 0 saturated heterocycles. The van der Waals surface area contributed by atoms with Gasteiger partial charge in [-0.3, -0.25) is 0 Å². The molecule has 1 atom stereocenters. The highest BCUT2D eigenvalue weighted by Gasteiger charge is 2.37. The first kappa shape index (κ1) is 34.2. The number of methoxy groups -OCH3 is 1. The van der Waals surface area contributed by atoms with Crippen molar-refractivity contribution in [3.8, 4) is 5.75 Å². The van der Waals surface area contributed by atoms with Gasteiger partial charge in [-0.1, -0.05) is 85.6 Å². The molecule has 1 N–H and O–H groups in total. The third-order valence-corrected chi connectivity index (χ3v) is 9.36. The van der Waals surface area contributed by atoms with Crippen LogP contribution in [-0.2, 0) is 19.4 Å². The Morgan fingerprint density at radius 3 is 1.64 bits per heavy atom. The predicted octanol–water partition coefficient (Wildman–Crippen LogP) is 8.86. The molecule has 0 aliphatic heterocycles. The monoisotopic (exact) mass is 594 g/mol. The van der Waals surface area contributed by atoms with E-state index in [0.717, 1.165) is 48.1 Å². The lowest BCUT2D eigenvalue weighted by Gasteiger charge is -2.36. The van der Waals surface area contributed by atoms with E-state index < -0.39 is 14.1 Å². The molecule has 0 aliphatic rings. The average Bonchev–Trinajstić information content (AvgIpc) is 2.98. The van der Waals surface area contributed by atoms with Crippen molar-refractivity contribution < 1.29 is 18.6 Å². The lowest BCUT2D eigenvalue weighted by Crippen LogP contribution is -2.44. The fourth-order valence-electron chi connectivity index (χ4n) is 5.13. The van der Waals surface area contributed by atoms with E-state index in [1.54, 1.807) is 7.11 Å². The second kappa shape index (κ2) is 17.7. The van der Waals surface area contributed by atoms with Crippen LogP contribution >= 0.6 is 8.53 Å². The highest BCUT2D eigenvalue weighted by atomic mass is 31.2. The molecule has 7 heteroatoms. The van der Waals surface area contributed by atoms with Gasteiger partial charge < -0.3 is 18.6 Å². The first-order chi connectivity index (χ1) is 20.3. The number of hydroxylamine groups is 1. The van der Waals surface area contributed by atoms with E-state index in [1.807, 2.05) is 24.3 Å². The van der Waals surface area contributed by atoms with Crippen LogP contribution in [0.2, 0.25) is 0 Å². The average molecular weight is 595 g/mol. The first-order valence-electron chi connectivity index (χ1n) is 15.3. The Hall–Kier alpha value is -2.31. The minimum atomic E-state index is -1.06. The number of benzene rings is 3. The van der Waals surface area contributed by atoms with E-state index in [1.165, 1.54) is 0 Å². The molecular weight excluding hydrogens is 543 g/mol. The van der Waals surface area contributed by atoms with E-state index in [-0.39, 0.29) is 6.10 Å². The molecule has 0 fully saturated rings. The zero-order chi connectivity index (χ0) is 30.4. The Morgan fingerprint density at radius 1 is 0.667 bits per heavy atom. The molecule has 0 radical (unpaired) electrons. The summed E-state index contributed by atoms with van der Waals surface area (Å²) in [5, 5.41) is 0. The van der Waals surface area contributed by atoms with Crippen molar-refractivity contribution in [2.45, 2.75) is 91.0 Å². The topological polar surface area (TPSA) is 52.2 Å². The largest absolute Gasteiger partial charge is 0.497 e. The van der Waals surface area contributed by atoms with Crippen LogP contribution in [0.25, 0.3) is 0 Å². The second-order valence-corrected chi connectivity index (χ2v) is 12.8. The normalized spacial score (nSPS) is 12.9. The highest BCUT2D eigenvalue weighted by molar-refractivity contribution is 7.44.